The summed E-state index contributed by atoms with van der Waals surface area (Å²) >= 11 is 0. The highest BCUT2D eigenvalue weighted by Crippen LogP contribution is 2.34. The van der Waals surface area contributed by atoms with Crippen LogP contribution in [0.25, 0.3) is 0 Å². The van der Waals surface area contributed by atoms with Gasteiger partial charge in [0.1, 0.15) is 0 Å². The van der Waals surface area contributed by atoms with E-state index >= 15 is 0 Å². The molecule has 2 aliphatic rings. The second kappa shape index (κ2) is 6.23. The van der Waals surface area contributed by atoms with Crippen molar-refractivity contribution in [3.05, 3.63) is 0 Å². The first kappa shape index (κ1) is 14.8. The number of amides is 1. The minimum Gasteiger partial charge on any atom is -0.352 e. The number of piperazine rings is 1. The van der Waals surface area contributed by atoms with Gasteiger partial charge in [0, 0.05) is 32.2 Å². The Morgan fingerprint density at radius 3 is 2.53 bits per heavy atom. The third kappa shape index (κ3) is 3.93. The standard InChI is InChI=1S/C15H29N3O/c1-4-13(11-12-5-6-12)17-14(19)15(2,3)18-9-7-16-8-10-18/h12-13,16H,4-11H2,1-3H3,(H,17,19). The number of hydrogen-bond donors (Lipinski definition) is 2. The lowest BCUT2D eigenvalue weighted by molar-refractivity contribution is -0.133. The first-order valence-electron chi connectivity index (χ1n) is 7.80. The van der Waals surface area contributed by atoms with E-state index in [0.29, 0.717) is 6.04 Å². The molecule has 1 amide bonds. The van der Waals surface area contributed by atoms with E-state index in [1.54, 1.807) is 0 Å². The van der Waals surface area contributed by atoms with Crippen LogP contribution in [0.15, 0.2) is 0 Å². The smallest absolute Gasteiger partial charge is 0.240 e. The Bertz CT molecular complexity index is 307. The second-order valence-corrected chi connectivity index (χ2v) is 6.55. The molecule has 1 unspecified atom stereocenters. The van der Waals surface area contributed by atoms with Crippen LogP contribution >= 0.6 is 0 Å². The SMILES string of the molecule is CCC(CC1CC1)NC(=O)C(C)(C)N1CCNCC1. The zero-order chi connectivity index (χ0) is 13.9. The van der Waals surface area contributed by atoms with Crippen molar-refractivity contribution in [1.82, 2.24) is 15.5 Å². The van der Waals surface area contributed by atoms with Gasteiger partial charge >= 0.3 is 0 Å². The van der Waals surface area contributed by atoms with Gasteiger partial charge in [-0.05, 0) is 32.6 Å². The molecule has 1 atom stereocenters. The molecule has 1 saturated heterocycles. The first-order chi connectivity index (χ1) is 9.04. The predicted octanol–water partition coefficient (Wildman–Crippen LogP) is 1.37. The van der Waals surface area contributed by atoms with Crippen LogP contribution in [-0.4, -0.2) is 48.6 Å². The average Bonchev–Trinajstić information content (AvgIpc) is 3.22. The highest BCUT2D eigenvalue weighted by atomic mass is 16.2. The Morgan fingerprint density at radius 2 is 2.00 bits per heavy atom. The van der Waals surface area contributed by atoms with E-state index in [4.69, 9.17) is 0 Å². The summed E-state index contributed by atoms with van der Waals surface area (Å²) in [4.78, 5) is 14.9. The molecule has 19 heavy (non-hydrogen) atoms. The van der Waals surface area contributed by atoms with E-state index < -0.39 is 0 Å². The number of rotatable bonds is 6. The van der Waals surface area contributed by atoms with Gasteiger partial charge in [0.15, 0.2) is 0 Å². The summed E-state index contributed by atoms with van der Waals surface area (Å²) in [6.07, 6.45) is 4.92. The fourth-order valence-electron chi connectivity index (χ4n) is 2.81. The third-order valence-corrected chi connectivity index (χ3v) is 4.61. The van der Waals surface area contributed by atoms with Gasteiger partial charge in [0.25, 0.3) is 0 Å². The summed E-state index contributed by atoms with van der Waals surface area (Å²) in [7, 11) is 0. The van der Waals surface area contributed by atoms with E-state index in [1.807, 2.05) is 0 Å². The highest BCUT2D eigenvalue weighted by molar-refractivity contribution is 5.85. The maximum absolute atomic E-state index is 12.6. The zero-order valence-corrected chi connectivity index (χ0v) is 12.7. The van der Waals surface area contributed by atoms with Crippen LogP contribution in [0.3, 0.4) is 0 Å². The molecule has 4 nitrogen and oxygen atoms in total. The molecule has 0 aromatic heterocycles. The van der Waals surface area contributed by atoms with Crippen molar-refractivity contribution in [2.75, 3.05) is 26.2 Å². The van der Waals surface area contributed by atoms with Crippen molar-refractivity contribution in [1.29, 1.82) is 0 Å². The molecule has 0 radical (unpaired) electrons. The van der Waals surface area contributed by atoms with Crippen LogP contribution in [0.1, 0.15) is 46.5 Å². The maximum atomic E-state index is 12.6. The lowest BCUT2D eigenvalue weighted by atomic mass is 9.98. The minimum atomic E-state index is -0.390. The van der Waals surface area contributed by atoms with Crippen LogP contribution in [0.5, 0.6) is 0 Å². The van der Waals surface area contributed by atoms with Crippen molar-refractivity contribution < 1.29 is 4.79 Å². The zero-order valence-electron chi connectivity index (χ0n) is 12.7. The molecule has 0 aromatic carbocycles. The molecule has 1 aliphatic carbocycles. The molecule has 0 bridgehead atoms. The highest BCUT2D eigenvalue weighted by Gasteiger charge is 2.36. The minimum absolute atomic E-state index is 0.196. The third-order valence-electron chi connectivity index (χ3n) is 4.61. The molecule has 2 N–H and O–H groups in total. The monoisotopic (exact) mass is 267 g/mol. The first-order valence-corrected chi connectivity index (χ1v) is 7.80. The topological polar surface area (TPSA) is 44.4 Å². The largest absolute Gasteiger partial charge is 0.352 e. The maximum Gasteiger partial charge on any atom is 0.240 e. The summed E-state index contributed by atoms with van der Waals surface area (Å²) in [5.41, 5.74) is -0.390. The van der Waals surface area contributed by atoms with Gasteiger partial charge in [-0.1, -0.05) is 19.8 Å². The lowest BCUT2D eigenvalue weighted by Crippen LogP contribution is -2.61. The summed E-state index contributed by atoms with van der Waals surface area (Å²) in [6.45, 7) is 10.2. The Kier molecular flexibility index (Phi) is 4.85. The van der Waals surface area contributed by atoms with Gasteiger partial charge in [0.2, 0.25) is 5.91 Å². The number of hydrogen-bond acceptors (Lipinski definition) is 3. The van der Waals surface area contributed by atoms with Crippen LogP contribution in [0, 0.1) is 5.92 Å². The van der Waals surface area contributed by atoms with E-state index in [0.717, 1.165) is 38.5 Å². The van der Waals surface area contributed by atoms with Crippen LogP contribution in [-0.2, 0) is 4.79 Å². The fraction of sp³-hybridized carbons (Fsp3) is 0.933. The molecule has 1 heterocycles. The van der Waals surface area contributed by atoms with E-state index in [2.05, 4.69) is 36.3 Å². The van der Waals surface area contributed by atoms with Gasteiger partial charge in [-0.15, -0.1) is 0 Å². The molecule has 4 heteroatoms. The van der Waals surface area contributed by atoms with E-state index in [-0.39, 0.29) is 11.4 Å². The van der Waals surface area contributed by atoms with Crippen LogP contribution < -0.4 is 10.6 Å². The summed E-state index contributed by atoms with van der Waals surface area (Å²) in [5, 5.41) is 6.61. The molecule has 0 aromatic rings. The van der Waals surface area contributed by atoms with Crippen molar-refractivity contribution in [3.63, 3.8) is 0 Å². The second-order valence-electron chi connectivity index (χ2n) is 6.55. The van der Waals surface area contributed by atoms with Crippen molar-refractivity contribution in [3.8, 4) is 0 Å². The Hall–Kier alpha value is -0.610. The predicted molar refractivity (Wildman–Crippen MR) is 78.1 cm³/mol. The molecule has 110 valence electrons. The van der Waals surface area contributed by atoms with Gasteiger partial charge in [0.05, 0.1) is 5.54 Å². The quantitative estimate of drug-likeness (QED) is 0.764. The van der Waals surface area contributed by atoms with Crippen LogP contribution in [0.2, 0.25) is 0 Å². The van der Waals surface area contributed by atoms with Gasteiger partial charge in [-0.3, -0.25) is 9.69 Å². The summed E-state index contributed by atoms with van der Waals surface area (Å²) in [5.74, 6) is 1.06. The number of carbonyl (C=O) groups excluding carboxylic acids is 1. The Morgan fingerprint density at radius 1 is 1.37 bits per heavy atom. The molecule has 0 spiro atoms. The van der Waals surface area contributed by atoms with Crippen LogP contribution in [0.4, 0.5) is 0 Å². The van der Waals surface area contributed by atoms with Gasteiger partial charge < -0.3 is 10.6 Å². The normalized spacial score (nSPS) is 23.1. The van der Waals surface area contributed by atoms with Crippen molar-refractivity contribution >= 4 is 5.91 Å². The van der Waals surface area contributed by atoms with Gasteiger partial charge in [-0.2, -0.15) is 0 Å². The number of nitrogens with zero attached hydrogens (tertiary/aromatic N) is 1. The molecule has 2 fully saturated rings. The lowest BCUT2D eigenvalue weighted by Gasteiger charge is -2.40. The molecular formula is C15H29N3O. The molecule has 1 saturated carbocycles. The van der Waals surface area contributed by atoms with E-state index in [9.17, 15) is 4.79 Å². The van der Waals surface area contributed by atoms with E-state index in [1.165, 1.54) is 19.3 Å². The van der Waals surface area contributed by atoms with Gasteiger partial charge in [-0.25, -0.2) is 0 Å². The summed E-state index contributed by atoms with van der Waals surface area (Å²) < 4.78 is 0. The fourth-order valence-corrected chi connectivity index (χ4v) is 2.81. The molecule has 2 rings (SSSR count). The molecular weight excluding hydrogens is 238 g/mol. The Balaban J connectivity index is 1.88. The Labute approximate surface area is 117 Å². The average molecular weight is 267 g/mol. The van der Waals surface area contributed by atoms with Crippen molar-refractivity contribution in [2.45, 2.75) is 58.0 Å². The number of carbonyl (C=O) groups is 1. The summed E-state index contributed by atoms with van der Waals surface area (Å²) in [6, 6.07) is 0.363. The van der Waals surface area contributed by atoms with Crippen molar-refractivity contribution in [2.24, 2.45) is 5.92 Å². The number of nitrogens with one attached hydrogen (secondary N) is 2. The molecule has 1 aliphatic heterocycles.